The summed E-state index contributed by atoms with van der Waals surface area (Å²) in [6.07, 6.45) is 4.76. The van der Waals surface area contributed by atoms with Gasteiger partial charge in [-0.1, -0.05) is 0 Å². The molecule has 0 bridgehead atoms. The number of nitrogens with zero attached hydrogens (tertiary/aromatic N) is 4. The van der Waals surface area contributed by atoms with Crippen LogP contribution in [0.4, 0.5) is 0 Å². The van der Waals surface area contributed by atoms with Crippen molar-refractivity contribution in [1.29, 1.82) is 0 Å². The van der Waals surface area contributed by atoms with E-state index in [9.17, 15) is 13.2 Å². The lowest BCUT2D eigenvalue weighted by atomic mass is 10.2. The van der Waals surface area contributed by atoms with Gasteiger partial charge in [0.1, 0.15) is 5.60 Å². The molecule has 2 rings (SSSR count). The molecule has 0 aromatic carbocycles. The van der Waals surface area contributed by atoms with Crippen LogP contribution in [0.3, 0.4) is 0 Å². The molecule has 0 atom stereocenters. The highest BCUT2D eigenvalue weighted by Gasteiger charge is 2.25. The van der Waals surface area contributed by atoms with Crippen molar-refractivity contribution in [3.05, 3.63) is 24.3 Å². The van der Waals surface area contributed by atoms with Gasteiger partial charge in [0.2, 0.25) is 0 Å². The van der Waals surface area contributed by atoms with E-state index in [4.69, 9.17) is 4.74 Å². The molecule has 0 unspecified atom stereocenters. The first-order chi connectivity index (χ1) is 11.0. The first-order valence-corrected chi connectivity index (χ1v) is 8.75. The number of hydrogen-bond donors (Lipinski definition) is 0. The number of esters is 1. The predicted octanol–water partition coefficient (Wildman–Crippen LogP) is 1.17. The predicted molar refractivity (Wildman–Crippen MR) is 84.9 cm³/mol. The summed E-state index contributed by atoms with van der Waals surface area (Å²) in [6, 6.07) is 0. The summed E-state index contributed by atoms with van der Waals surface area (Å²) >= 11 is 0. The second-order valence-corrected chi connectivity index (χ2v) is 7.64. The average Bonchev–Trinajstić information content (AvgIpc) is 2.78. The Bertz CT molecular complexity index is 850. The number of aryl methyl sites for hydroxylation is 1. The Morgan fingerprint density at radius 2 is 1.75 bits per heavy atom. The number of hydrogen-bond acceptors (Lipinski definition) is 8. The summed E-state index contributed by atoms with van der Waals surface area (Å²) in [6.45, 7) is 5.28. The summed E-state index contributed by atoms with van der Waals surface area (Å²) in [5.74, 6) is -0.383. The minimum atomic E-state index is -3.66. The third-order valence-corrected chi connectivity index (χ3v) is 3.14. The van der Waals surface area contributed by atoms with Crippen LogP contribution in [-0.4, -0.2) is 46.0 Å². The molecule has 2 aromatic heterocycles. The van der Waals surface area contributed by atoms with Gasteiger partial charge < -0.3 is 8.92 Å². The van der Waals surface area contributed by atoms with E-state index in [2.05, 4.69) is 19.2 Å². The molecule has 9 nitrogen and oxygen atoms in total. The minimum absolute atomic E-state index is 0.0241. The second kappa shape index (κ2) is 6.19. The highest BCUT2D eigenvalue weighted by Crippen LogP contribution is 2.23. The van der Waals surface area contributed by atoms with Gasteiger partial charge in [0, 0.05) is 7.05 Å². The molecule has 0 amide bonds. The van der Waals surface area contributed by atoms with Gasteiger partial charge in [-0.15, -0.1) is 0 Å². The molecule has 130 valence electrons. The molecule has 0 aliphatic rings. The monoisotopic (exact) mass is 354 g/mol. The number of carbonyl (C=O) groups is 1. The van der Waals surface area contributed by atoms with Crippen molar-refractivity contribution in [2.75, 3.05) is 6.26 Å². The SMILES string of the molecule is Cn1ncc(-c2ncc(OS(C)(=O)=O)cn2)c1C(=O)OC(C)(C)C. The molecule has 10 heteroatoms. The molecule has 0 saturated carbocycles. The zero-order chi connectivity index (χ0) is 18.1. The molecule has 0 radical (unpaired) electrons. The molecule has 0 N–H and O–H groups in total. The Labute approximate surface area is 139 Å². The van der Waals surface area contributed by atoms with Gasteiger partial charge in [0.25, 0.3) is 0 Å². The van der Waals surface area contributed by atoms with Crippen molar-refractivity contribution in [2.45, 2.75) is 26.4 Å². The summed E-state index contributed by atoms with van der Waals surface area (Å²) in [5.41, 5.74) is -0.0912. The van der Waals surface area contributed by atoms with Crippen LogP contribution in [0.25, 0.3) is 11.4 Å². The van der Waals surface area contributed by atoms with Gasteiger partial charge in [-0.3, -0.25) is 4.68 Å². The highest BCUT2D eigenvalue weighted by molar-refractivity contribution is 7.86. The van der Waals surface area contributed by atoms with Crippen LogP contribution in [0.15, 0.2) is 18.6 Å². The van der Waals surface area contributed by atoms with Crippen LogP contribution in [0.1, 0.15) is 31.3 Å². The molecular formula is C14H18N4O5S. The van der Waals surface area contributed by atoms with Crippen LogP contribution in [-0.2, 0) is 21.9 Å². The summed E-state index contributed by atoms with van der Waals surface area (Å²) in [4.78, 5) is 20.4. The molecule has 0 fully saturated rings. The van der Waals surface area contributed by atoms with Gasteiger partial charge in [-0.2, -0.15) is 13.5 Å². The van der Waals surface area contributed by atoms with E-state index in [-0.39, 0.29) is 17.3 Å². The third kappa shape index (κ3) is 4.51. The molecular weight excluding hydrogens is 336 g/mol. The molecule has 24 heavy (non-hydrogen) atoms. The van der Waals surface area contributed by atoms with E-state index in [1.54, 1.807) is 27.8 Å². The Kier molecular flexibility index (Phi) is 4.61. The Hall–Kier alpha value is -2.49. The normalized spacial score (nSPS) is 12.0. The maximum absolute atomic E-state index is 12.3. The Balaban J connectivity index is 2.35. The van der Waals surface area contributed by atoms with E-state index in [1.807, 2.05) is 0 Å². The highest BCUT2D eigenvalue weighted by atomic mass is 32.2. The van der Waals surface area contributed by atoms with Crippen LogP contribution in [0.2, 0.25) is 0 Å². The second-order valence-electron chi connectivity index (χ2n) is 6.06. The van der Waals surface area contributed by atoms with E-state index < -0.39 is 21.7 Å². The van der Waals surface area contributed by atoms with Gasteiger partial charge >= 0.3 is 16.1 Å². The summed E-state index contributed by atoms with van der Waals surface area (Å²) in [5, 5.41) is 4.03. The Morgan fingerprint density at radius 3 is 2.25 bits per heavy atom. The van der Waals surface area contributed by atoms with E-state index >= 15 is 0 Å². The fourth-order valence-corrected chi connectivity index (χ4v) is 2.28. The van der Waals surface area contributed by atoms with Crippen LogP contribution in [0.5, 0.6) is 5.75 Å². The zero-order valence-corrected chi connectivity index (χ0v) is 14.8. The van der Waals surface area contributed by atoms with Crippen molar-refractivity contribution in [3.8, 4) is 17.1 Å². The summed E-state index contributed by atoms with van der Waals surface area (Å²) < 4.78 is 33.6. The minimum Gasteiger partial charge on any atom is -0.455 e. The van der Waals surface area contributed by atoms with Crippen molar-refractivity contribution in [1.82, 2.24) is 19.7 Å². The summed E-state index contributed by atoms with van der Waals surface area (Å²) in [7, 11) is -2.06. The van der Waals surface area contributed by atoms with Crippen molar-refractivity contribution < 1.29 is 22.1 Å². The first kappa shape index (κ1) is 17.9. The lowest BCUT2D eigenvalue weighted by molar-refractivity contribution is 0.00584. The smallest absolute Gasteiger partial charge is 0.357 e. The fraction of sp³-hybridized carbons (Fsp3) is 0.429. The third-order valence-electron chi connectivity index (χ3n) is 2.65. The number of ether oxygens (including phenoxy) is 1. The lowest BCUT2D eigenvalue weighted by Crippen LogP contribution is -2.25. The first-order valence-electron chi connectivity index (χ1n) is 6.93. The maximum atomic E-state index is 12.3. The average molecular weight is 354 g/mol. The lowest BCUT2D eigenvalue weighted by Gasteiger charge is -2.19. The van der Waals surface area contributed by atoms with E-state index in [0.29, 0.717) is 5.56 Å². The topological polar surface area (TPSA) is 113 Å². The van der Waals surface area contributed by atoms with Crippen molar-refractivity contribution in [2.24, 2.45) is 7.05 Å². The molecule has 2 heterocycles. The zero-order valence-electron chi connectivity index (χ0n) is 14.0. The number of aromatic nitrogens is 4. The number of carbonyl (C=O) groups excluding carboxylic acids is 1. The van der Waals surface area contributed by atoms with Crippen LogP contribution >= 0.6 is 0 Å². The van der Waals surface area contributed by atoms with Gasteiger partial charge in [-0.25, -0.2) is 14.8 Å². The largest absolute Gasteiger partial charge is 0.455 e. The Morgan fingerprint density at radius 1 is 1.17 bits per heavy atom. The molecule has 0 aliphatic carbocycles. The van der Waals surface area contributed by atoms with Gasteiger partial charge in [0.15, 0.2) is 17.3 Å². The van der Waals surface area contributed by atoms with Crippen molar-refractivity contribution >= 4 is 16.1 Å². The van der Waals surface area contributed by atoms with Crippen LogP contribution in [0, 0.1) is 0 Å². The standard InChI is InChI=1S/C14H18N4O5S/c1-14(2,3)22-13(19)11-10(8-17-18(11)4)12-15-6-9(7-16-12)23-24(5,20)21/h6-8H,1-5H3. The number of rotatable bonds is 4. The molecule has 2 aromatic rings. The van der Waals surface area contributed by atoms with Crippen molar-refractivity contribution in [3.63, 3.8) is 0 Å². The van der Waals surface area contributed by atoms with Gasteiger partial charge in [-0.05, 0) is 20.8 Å². The van der Waals surface area contributed by atoms with E-state index in [0.717, 1.165) is 6.26 Å². The van der Waals surface area contributed by atoms with E-state index in [1.165, 1.54) is 23.3 Å². The van der Waals surface area contributed by atoms with Crippen LogP contribution < -0.4 is 4.18 Å². The maximum Gasteiger partial charge on any atom is 0.357 e. The quantitative estimate of drug-likeness (QED) is 0.594. The molecule has 0 aliphatic heterocycles. The molecule has 0 spiro atoms. The van der Waals surface area contributed by atoms with Gasteiger partial charge in [0.05, 0.1) is 30.4 Å². The fourth-order valence-electron chi connectivity index (χ4n) is 1.84. The molecule has 0 saturated heterocycles.